The van der Waals surface area contributed by atoms with E-state index in [1.807, 2.05) is 23.6 Å². The van der Waals surface area contributed by atoms with Crippen molar-refractivity contribution in [2.75, 3.05) is 0 Å². The third-order valence-corrected chi connectivity index (χ3v) is 3.53. The van der Waals surface area contributed by atoms with E-state index in [4.69, 9.17) is 4.74 Å². The van der Waals surface area contributed by atoms with Gasteiger partial charge in [-0.05, 0) is 35.6 Å². The highest BCUT2D eigenvalue weighted by Crippen LogP contribution is 2.17. The molecule has 0 unspecified atom stereocenters. The molecule has 0 aliphatic heterocycles. The number of carbonyl (C=O) groups excluding carboxylic acids is 1. The molecule has 1 aromatic heterocycles. The van der Waals surface area contributed by atoms with Crippen LogP contribution in [0.1, 0.15) is 17.4 Å². The van der Waals surface area contributed by atoms with Crippen LogP contribution in [0.5, 0.6) is 5.75 Å². The summed E-state index contributed by atoms with van der Waals surface area (Å²) in [5, 5.41) is 4.80. The number of carbonyl (C=O) groups is 1. The fourth-order valence-electron chi connectivity index (χ4n) is 1.62. The lowest BCUT2D eigenvalue weighted by atomic mass is 10.2. The summed E-state index contributed by atoms with van der Waals surface area (Å²) in [6, 6.07) is 11.1. The molecule has 3 nitrogen and oxygen atoms in total. The first-order valence-corrected chi connectivity index (χ1v) is 6.73. The van der Waals surface area contributed by atoms with Gasteiger partial charge in [-0.15, -0.1) is 11.3 Å². The molecule has 1 amide bonds. The average molecular weight is 261 g/mol. The van der Waals surface area contributed by atoms with E-state index >= 15 is 0 Å². The van der Waals surface area contributed by atoms with Gasteiger partial charge in [-0.25, -0.2) is 4.79 Å². The van der Waals surface area contributed by atoms with Crippen molar-refractivity contribution in [3.05, 3.63) is 52.2 Å². The monoisotopic (exact) mass is 261 g/mol. The van der Waals surface area contributed by atoms with E-state index in [9.17, 15) is 4.79 Å². The van der Waals surface area contributed by atoms with Crippen LogP contribution >= 0.6 is 11.3 Å². The second-order valence-corrected chi connectivity index (χ2v) is 4.78. The Bertz CT molecular complexity index is 508. The Morgan fingerprint density at radius 1 is 1.28 bits per heavy atom. The Balaban J connectivity index is 1.85. The largest absolute Gasteiger partial charge is 0.412 e. The standard InChI is InChI=1S/C14H15NO2S/c1-2-11-8-9-18-13(11)10-15-14(16)17-12-6-4-3-5-7-12/h3-9H,2,10H2,1H3,(H,15,16). The quantitative estimate of drug-likeness (QED) is 0.913. The normalized spacial score (nSPS) is 10.1. The second-order valence-electron chi connectivity index (χ2n) is 3.78. The summed E-state index contributed by atoms with van der Waals surface area (Å²) in [7, 11) is 0. The van der Waals surface area contributed by atoms with Gasteiger partial charge in [0.2, 0.25) is 0 Å². The smallest absolute Gasteiger partial charge is 0.410 e. The highest BCUT2D eigenvalue weighted by Gasteiger charge is 2.06. The molecule has 1 N–H and O–H groups in total. The number of benzene rings is 1. The summed E-state index contributed by atoms with van der Waals surface area (Å²) in [6.45, 7) is 2.63. The highest BCUT2D eigenvalue weighted by molar-refractivity contribution is 7.10. The van der Waals surface area contributed by atoms with E-state index in [1.54, 1.807) is 23.5 Å². The van der Waals surface area contributed by atoms with Gasteiger partial charge in [0, 0.05) is 4.88 Å². The number of amides is 1. The summed E-state index contributed by atoms with van der Waals surface area (Å²) in [5.41, 5.74) is 1.28. The van der Waals surface area contributed by atoms with Gasteiger partial charge in [0.15, 0.2) is 0 Å². The summed E-state index contributed by atoms with van der Waals surface area (Å²) >= 11 is 1.65. The maximum atomic E-state index is 11.6. The Labute approximate surface area is 110 Å². The number of hydrogen-bond acceptors (Lipinski definition) is 3. The minimum Gasteiger partial charge on any atom is -0.410 e. The fourth-order valence-corrected chi connectivity index (χ4v) is 2.54. The molecule has 0 saturated carbocycles. The van der Waals surface area contributed by atoms with E-state index < -0.39 is 6.09 Å². The highest BCUT2D eigenvalue weighted by atomic mass is 32.1. The number of thiophene rings is 1. The van der Waals surface area contributed by atoms with Gasteiger partial charge >= 0.3 is 6.09 Å². The van der Waals surface area contributed by atoms with Gasteiger partial charge in [-0.2, -0.15) is 0 Å². The molecule has 1 heterocycles. The van der Waals surface area contributed by atoms with Gasteiger partial charge in [0.25, 0.3) is 0 Å². The fraction of sp³-hybridized carbons (Fsp3) is 0.214. The summed E-state index contributed by atoms with van der Waals surface area (Å²) in [6.07, 6.45) is 0.561. The van der Waals surface area contributed by atoms with Crippen LogP contribution in [0.3, 0.4) is 0 Å². The van der Waals surface area contributed by atoms with Crippen molar-refractivity contribution in [2.24, 2.45) is 0 Å². The van der Waals surface area contributed by atoms with Crippen molar-refractivity contribution >= 4 is 17.4 Å². The van der Waals surface area contributed by atoms with Gasteiger partial charge in [-0.1, -0.05) is 25.1 Å². The van der Waals surface area contributed by atoms with E-state index in [2.05, 4.69) is 18.3 Å². The van der Waals surface area contributed by atoms with Crippen LogP contribution in [0.2, 0.25) is 0 Å². The Morgan fingerprint density at radius 3 is 2.78 bits per heavy atom. The molecule has 0 spiro atoms. The van der Waals surface area contributed by atoms with Crippen LogP contribution in [0.15, 0.2) is 41.8 Å². The molecular weight excluding hydrogens is 246 g/mol. The third kappa shape index (κ3) is 3.34. The van der Waals surface area contributed by atoms with Crippen LogP contribution in [0, 0.1) is 0 Å². The predicted octanol–water partition coefficient (Wildman–Crippen LogP) is 3.60. The van der Waals surface area contributed by atoms with Crippen LogP contribution in [0.25, 0.3) is 0 Å². The minimum atomic E-state index is -0.420. The van der Waals surface area contributed by atoms with Crippen LogP contribution in [-0.2, 0) is 13.0 Å². The molecule has 1 aromatic carbocycles. The van der Waals surface area contributed by atoms with E-state index in [0.29, 0.717) is 12.3 Å². The number of para-hydroxylation sites is 1. The summed E-state index contributed by atoms with van der Waals surface area (Å²) < 4.78 is 5.14. The van der Waals surface area contributed by atoms with Crippen molar-refractivity contribution in [1.29, 1.82) is 0 Å². The molecule has 94 valence electrons. The molecule has 0 atom stereocenters. The molecule has 0 saturated heterocycles. The molecule has 18 heavy (non-hydrogen) atoms. The predicted molar refractivity (Wildman–Crippen MR) is 73.0 cm³/mol. The van der Waals surface area contributed by atoms with Gasteiger partial charge in [0.1, 0.15) is 5.75 Å². The molecule has 4 heteroatoms. The summed E-state index contributed by atoms with van der Waals surface area (Å²) in [5.74, 6) is 0.553. The van der Waals surface area contributed by atoms with Crippen molar-refractivity contribution in [3.63, 3.8) is 0 Å². The first-order chi connectivity index (χ1) is 8.79. The molecule has 0 fully saturated rings. The van der Waals surface area contributed by atoms with Crippen LogP contribution < -0.4 is 10.1 Å². The van der Waals surface area contributed by atoms with Crippen molar-refractivity contribution in [1.82, 2.24) is 5.32 Å². The van der Waals surface area contributed by atoms with Gasteiger partial charge in [-0.3, -0.25) is 0 Å². The van der Waals surface area contributed by atoms with Crippen LogP contribution in [-0.4, -0.2) is 6.09 Å². The Kier molecular flexibility index (Phi) is 4.36. The zero-order valence-electron chi connectivity index (χ0n) is 10.2. The Hall–Kier alpha value is -1.81. The SMILES string of the molecule is CCc1ccsc1CNC(=O)Oc1ccccc1. The second kappa shape index (κ2) is 6.21. The zero-order valence-corrected chi connectivity index (χ0v) is 11.0. The lowest BCUT2D eigenvalue weighted by molar-refractivity contribution is 0.200. The topological polar surface area (TPSA) is 38.3 Å². The minimum absolute atomic E-state index is 0.420. The molecule has 0 aliphatic rings. The number of aryl methyl sites for hydroxylation is 1. The number of hydrogen-bond donors (Lipinski definition) is 1. The lowest BCUT2D eigenvalue weighted by Crippen LogP contribution is -2.26. The summed E-state index contributed by atoms with van der Waals surface area (Å²) in [4.78, 5) is 12.8. The first kappa shape index (κ1) is 12.6. The number of rotatable bonds is 4. The van der Waals surface area contributed by atoms with E-state index in [-0.39, 0.29) is 0 Å². The zero-order chi connectivity index (χ0) is 12.8. The van der Waals surface area contributed by atoms with Crippen LogP contribution in [0.4, 0.5) is 4.79 Å². The van der Waals surface area contributed by atoms with E-state index in [1.165, 1.54) is 10.4 Å². The molecule has 0 aliphatic carbocycles. The third-order valence-electron chi connectivity index (χ3n) is 2.57. The molecule has 0 radical (unpaired) electrons. The van der Waals surface area contributed by atoms with Crippen molar-refractivity contribution in [2.45, 2.75) is 19.9 Å². The van der Waals surface area contributed by atoms with Crippen molar-refractivity contribution in [3.8, 4) is 5.75 Å². The molecule has 0 bridgehead atoms. The number of ether oxygens (including phenoxy) is 1. The van der Waals surface area contributed by atoms with Crippen molar-refractivity contribution < 1.29 is 9.53 Å². The molecular formula is C14H15NO2S. The van der Waals surface area contributed by atoms with E-state index in [0.717, 1.165) is 6.42 Å². The molecule has 2 aromatic rings. The first-order valence-electron chi connectivity index (χ1n) is 5.85. The number of nitrogens with one attached hydrogen (secondary N) is 1. The maximum Gasteiger partial charge on any atom is 0.412 e. The van der Waals surface area contributed by atoms with Gasteiger partial charge in [0.05, 0.1) is 6.54 Å². The average Bonchev–Trinajstić information content (AvgIpc) is 2.85. The van der Waals surface area contributed by atoms with Gasteiger partial charge < -0.3 is 10.1 Å². The molecule has 2 rings (SSSR count). The lowest BCUT2D eigenvalue weighted by Gasteiger charge is -2.06. The Morgan fingerprint density at radius 2 is 2.06 bits per heavy atom. The maximum absolute atomic E-state index is 11.6.